The van der Waals surface area contributed by atoms with Crippen LogP contribution in [0.25, 0.3) is 0 Å². The first kappa shape index (κ1) is 9.98. The third-order valence-electron chi connectivity index (χ3n) is 1.63. The second-order valence-electron chi connectivity index (χ2n) is 2.77. The lowest BCUT2D eigenvalue weighted by molar-refractivity contribution is 0.673. The number of nitrogens with two attached hydrogens (primary N) is 1. The van der Waals surface area contributed by atoms with Crippen molar-refractivity contribution in [1.82, 2.24) is 4.57 Å². The SMILES string of the molecule is CS(=O)CCn1cc(N)ccc1=O. The molecule has 0 aliphatic carbocycles. The summed E-state index contributed by atoms with van der Waals surface area (Å²) in [6.45, 7) is 0.451. The monoisotopic (exact) mass is 200 g/mol. The Labute approximate surface area is 78.8 Å². The van der Waals surface area contributed by atoms with E-state index in [0.29, 0.717) is 18.0 Å². The topological polar surface area (TPSA) is 65.1 Å². The van der Waals surface area contributed by atoms with Gasteiger partial charge in [0.15, 0.2) is 0 Å². The summed E-state index contributed by atoms with van der Waals surface area (Å²) in [7, 11) is -0.881. The van der Waals surface area contributed by atoms with Crippen molar-refractivity contribution in [2.75, 3.05) is 17.7 Å². The van der Waals surface area contributed by atoms with Gasteiger partial charge in [-0.1, -0.05) is 0 Å². The summed E-state index contributed by atoms with van der Waals surface area (Å²) in [5, 5.41) is 0. The van der Waals surface area contributed by atoms with Gasteiger partial charge in [-0.25, -0.2) is 0 Å². The Morgan fingerprint density at radius 1 is 1.54 bits per heavy atom. The second kappa shape index (κ2) is 4.23. The molecule has 2 N–H and O–H groups in total. The maximum atomic E-state index is 11.2. The van der Waals surface area contributed by atoms with E-state index in [0.717, 1.165) is 0 Å². The Hall–Kier alpha value is -1.10. The van der Waals surface area contributed by atoms with Crippen LogP contribution in [0.15, 0.2) is 23.1 Å². The highest BCUT2D eigenvalue weighted by atomic mass is 32.2. The van der Waals surface area contributed by atoms with Gasteiger partial charge in [0.25, 0.3) is 5.56 Å². The molecule has 0 radical (unpaired) electrons. The zero-order chi connectivity index (χ0) is 9.84. The molecule has 4 nitrogen and oxygen atoms in total. The minimum Gasteiger partial charge on any atom is -0.398 e. The molecule has 1 unspecified atom stereocenters. The van der Waals surface area contributed by atoms with E-state index in [1.807, 2.05) is 0 Å². The number of hydrogen-bond acceptors (Lipinski definition) is 3. The van der Waals surface area contributed by atoms with Crippen LogP contribution < -0.4 is 11.3 Å². The first-order valence-electron chi connectivity index (χ1n) is 3.85. The zero-order valence-electron chi connectivity index (χ0n) is 7.40. The average Bonchev–Trinajstić information content (AvgIpc) is 2.06. The van der Waals surface area contributed by atoms with E-state index < -0.39 is 10.8 Å². The lowest BCUT2D eigenvalue weighted by Crippen LogP contribution is -2.21. The summed E-state index contributed by atoms with van der Waals surface area (Å²) < 4.78 is 12.2. The molecule has 0 aromatic carbocycles. The predicted octanol–water partition coefficient (Wildman–Crippen LogP) is -0.191. The molecule has 0 aliphatic rings. The molecule has 72 valence electrons. The molecule has 13 heavy (non-hydrogen) atoms. The van der Waals surface area contributed by atoms with Crippen molar-refractivity contribution in [2.24, 2.45) is 0 Å². The van der Waals surface area contributed by atoms with Crippen LogP contribution in [0.4, 0.5) is 5.69 Å². The summed E-state index contributed by atoms with van der Waals surface area (Å²) in [4.78, 5) is 11.2. The third-order valence-corrected chi connectivity index (χ3v) is 2.38. The molecule has 0 fully saturated rings. The fourth-order valence-electron chi connectivity index (χ4n) is 0.951. The van der Waals surface area contributed by atoms with Crippen LogP contribution in [0.5, 0.6) is 0 Å². The Balaban J connectivity index is 2.82. The van der Waals surface area contributed by atoms with Crippen molar-refractivity contribution < 1.29 is 4.21 Å². The van der Waals surface area contributed by atoms with E-state index in [1.54, 1.807) is 18.5 Å². The second-order valence-corrected chi connectivity index (χ2v) is 4.33. The standard InChI is InChI=1S/C8H12N2O2S/c1-13(12)5-4-10-6-7(9)2-3-8(10)11/h2-3,6H,4-5,9H2,1H3. The zero-order valence-corrected chi connectivity index (χ0v) is 8.21. The normalized spacial score (nSPS) is 12.7. The molecule has 0 bridgehead atoms. The molecule has 0 spiro atoms. The van der Waals surface area contributed by atoms with Crippen LogP contribution in [0.2, 0.25) is 0 Å². The molecule has 1 aromatic heterocycles. The van der Waals surface area contributed by atoms with Gasteiger partial charge in [-0.15, -0.1) is 0 Å². The Morgan fingerprint density at radius 2 is 2.23 bits per heavy atom. The number of aryl methyl sites for hydroxylation is 1. The highest BCUT2D eigenvalue weighted by Gasteiger charge is 1.97. The molecule has 1 rings (SSSR count). The van der Waals surface area contributed by atoms with Crippen LogP contribution in [-0.2, 0) is 17.3 Å². The van der Waals surface area contributed by atoms with Gasteiger partial charge >= 0.3 is 0 Å². The quantitative estimate of drug-likeness (QED) is 0.735. The van der Waals surface area contributed by atoms with Crippen LogP contribution in [0.1, 0.15) is 0 Å². The summed E-state index contributed by atoms with van der Waals surface area (Å²) in [5.41, 5.74) is 5.93. The number of nitrogens with zero attached hydrogens (tertiary/aromatic N) is 1. The van der Waals surface area contributed by atoms with Crippen LogP contribution >= 0.6 is 0 Å². The average molecular weight is 200 g/mol. The van der Waals surface area contributed by atoms with Gasteiger partial charge in [0.05, 0.1) is 0 Å². The number of aromatic nitrogens is 1. The Morgan fingerprint density at radius 3 is 2.85 bits per heavy atom. The van der Waals surface area contributed by atoms with Crippen molar-refractivity contribution in [3.05, 3.63) is 28.7 Å². The molecular weight excluding hydrogens is 188 g/mol. The molecule has 0 saturated heterocycles. The minimum atomic E-state index is -0.881. The smallest absolute Gasteiger partial charge is 0.250 e. The van der Waals surface area contributed by atoms with Crippen molar-refractivity contribution in [3.8, 4) is 0 Å². The van der Waals surface area contributed by atoms with E-state index in [2.05, 4.69) is 0 Å². The number of pyridine rings is 1. The fraction of sp³-hybridized carbons (Fsp3) is 0.375. The third kappa shape index (κ3) is 3.02. The maximum Gasteiger partial charge on any atom is 0.250 e. The molecule has 0 saturated carbocycles. The van der Waals surface area contributed by atoms with Gasteiger partial charge in [0.2, 0.25) is 0 Å². The molecular formula is C8H12N2O2S. The van der Waals surface area contributed by atoms with Crippen molar-refractivity contribution in [2.45, 2.75) is 6.54 Å². The first-order chi connectivity index (χ1) is 6.09. The van der Waals surface area contributed by atoms with Gasteiger partial charge in [-0.2, -0.15) is 0 Å². The van der Waals surface area contributed by atoms with Crippen molar-refractivity contribution in [1.29, 1.82) is 0 Å². The highest BCUT2D eigenvalue weighted by molar-refractivity contribution is 7.84. The van der Waals surface area contributed by atoms with Crippen molar-refractivity contribution in [3.63, 3.8) is 0 Å². The van der Waals surface area contributed by atoms with E-state index in [1.165, 1.54) is 10.6 Å². The molecule has 5 heteroatoms. The molecule has 0 aliphatic heterocycles. The maximum absolute atomic E-state index is 11.2. The summed E-state index contributed by atoms with van der Waals surface area (Å²) in [6.07, 6.45) is 3.17. The molecule has 1 aromatic rings. The van der Waals surface area contributed by atoms with Crippen LogP contribution in [0, 0.1) is 0 Å². The lowest BCUT2D eigenvalue weighted by Gasteiger charge is -2.03. The van der Waals surface area contributed by atoms with E-state index in [9.17, 15) is 9.00 Å². The fourth-order valence-corrected chi connectivity index (χ4v) is 1.41. The largest absolute Gasteiger partial charge is 0.398 e. The number of anilines is 1. The summed E-state index contributed by atoms with van der Waals surface area (Å²) in [6, 6.07) is 2.97. The molecule has 1 atom stereocenters. The first-order valence-corrected chi connectivity index (χ1v) is 5.58. The Kier molecular flexibility index (Phi) is 3.25. The highest BCUT2D eigenvalue weighted by Crippen LogP contribution is 1.95. The van der Waals surface area contributed by atoms with Crippen molar-refractivity contribution >= 4 is 16.5 Å². The van der Waals surface area contributed by atoms with Crippen LogP contribution in [-0.4, -0.2) is 20.8 Å². The van der Waals surface area contributed by atoms with Gasteiger partial charge in [-0.05, 0) is 6.07 Å². The van der Waals surface area contributed by atoms with Crippen LogP contribution in [0.3, 0.4) is 0 Å². The summed E-state index contributed by atoms with van der Waals surface area (Å²) >= 11 is 0. The number of hydrogen-bond donors (Lipinski definition) is 1. The van der Waals surface area contributed by atoms with E-state index in [-0.39, 0.29) is 5.56 Å². The molecule has 0 amide bonds. The van der Waals surface area contributed by atoms with Gasteiger partial charge in [-0.3, -0.25) is 9.00 Å². The predicted molar refractivity (Wildman–Crippen MR) is 54.0 cm³/mol. The van der Waals surface area contributed by atoms with Gasteiger partial charge in [0, 0.05) is 47.3 Å². The van der Waals surface area contributed by atoms with Gasteiger partial charge < -0.3 is 10.3 Å². The number of nitrogen functional groups attached to an aromatic ring is 1. The summed E-state index contributed by atoms with van der Waals surface area (Å²) in [5.74, 6) is 0.476. The Bertz CT molecular complexity index is 373. The molecule has 1 heterocycles. The van der Waals surface area contributed by atoms with E-state index >= 15 is 0 Å². The lowest BCUT2D eigenvalue weighted by atomic mass is 10.4. The minimum absolute atomic E-state index is 0.111. The van der Waals surface area contributed by atoms with E-state index in [4.69, 9.17) is 5.73 Å². The van der Waals surface area contributed by atoms with Gasteiger partial charge in [0.1, 0.15) is 0 Å². The number of rotatable bonds is 3.